The second-order valence-corrected chi connectivity index (χ2v) is 8.19. The highest BCUT2D eigenvalue weighted by molar-refractivity contribution is 7.12. The van der Waals surface area contributed by atoms with Crippen molar-refractivity contribution in [3.63, 3.8) is 0 Å². The largest absolute Gasteiger partial charge is 0.444 e. The summed E-state index contributed by atoms with van der Waals surface area (Å²) in [6, 6.07) is 3.83. The van der Waals surface area contributed by atoms with Crippen LogP contribution in [-0.4, -0.2) is 41.5 Å². The summed E-state index contributed by atoms with van der Waals surface area (Å²) in [6.07, 6.45) is 4.92. The molecule has 0 atom stereocenters. The number of carbonyl (C=O) groups excluding carboxylic acids is 2. The Balaban J connectivity index is 1.38. The van der Waals surface area contributed by atoms with Crippen LogP contribution < -0.4 is 5.32 Å². The highest BCUT2D eigenvalue weighted by Gasteiger charge is 2.24. The topological polar surface area (TPSA) is 74.4 Å². The van der Waals surface area contributed by atoms with Crippen LogP contribution in [0, 0.1) is 19.8 Å². The molecule has 1 aliphatic heterocycles. The van der Waals surface area contributed by atoms with E-state index in [2.05, 4.69) is 23.3 Å². The first kappa shape index (κ1) is 18.5. The second-order valence-electron chi connectivity index (χ2n) is 6.73. The number of H-pyrrole nitrogens is 1. The monoisotopic (exact) mass is 375 g/mol. The number of carbonyl (C=O) groups is 2. The van der Waals surface area contributed by atoms with Gasteiger partial charge in [-0.15, -0.1) is 11.3 Å². The van der Waals surface area contributed by atoms with Gasteiger partial charge < -0.3 is 19.9 Å². The summed E-state index contributed by atoms with van der Waals surface area (Å²) < 4.78 is 5.46. The van der Waals surface area contributed by atoms with E-state index in [9.17, 15) is 9.59 Å². The molecule has 0 unspecified atom stereocenters. The van der Waals surface area contributed by atoms with Crippen LogP contribution in [0.1, 0.15) is 38.5 Å². The zero-order valence-corrected chi connectivity index (χ0v) is 16.0. The molecule has 3 rings (SSSR count). The van der Waals surface area contributed by atoms with Gasteiger partial charge in [-0.2, -0.15) is 0 Å². The Labute approximate surface area is 157 Å². The maximum Gasteiger partial charge on any atom is 0.410 e. The van der Waals surface area contributed by atoms with Crippen molar-refractivity contribution in [1.82, 2.24) is 15.2 Å². The minimum atomic E-state index is -0.247. The maximum atomic E-state index is 12.3. The highest BCUT2D eigenvalue weighted by Crippen LogP contribution is 2.22. The third kappa shape index (κ3) is 4.66. The van der Waals surface area contributed by atoms with Crippen LogP contribution >= 0.6 is 11.3 Å². The summed E-state index contributed by atoms with van der Waals surface area (Å²) in [5.74, 6) is 0.332. The number of hydrogen-bond acceptors (Lipinski definition) is 4. The number of aryl methyl sites for hydroxylation is 2. The minimum absolute atomic E-state index is 0.0606. The molecular formula is C19H25N3O3S. The highest BCUT2D eigenvalue weighted by atomic mass is 32.1. The summed E-state index contributed by atoms with van der Waals surface area (Å²) in [7, 11) is 0. The standard InChI is InChI=1S/C19H25N3O3S/c1-13-9-17(14(2)26-13)12-25-19(24)22-7-4-15(5-8-22)10-21-18(23)16-3-6-20-11-16/h3,6,9,11,15,20H,4-5,7-8,10,12H2,1-2H3,(H,21,23). The van der Waals surface area contributed by atoms with E-state index in [4.69, 9.17) is 4.74 Å². The second kappa shape index (κ2) is 8.40. The Bertz CT molecular complexity index is 746. The number of rotatable bonds is 5. The quantitative estimate of drug-likeness (QED) is 0.840. The van der Waals surface area contributed by atoms with E-state index in [-0.39, 0.29) is 12.0 Å². The molecule has 0 aliphatic carbocycles. The summed E-state index contributed by atoms with van der Waals surface area (Å²) in [5, 5.41) is 2.96. The Hall–Kier alpha value is -2.28. The van der Waals surface area contributed by atoms with Gasteiger partial charge in [-0.05, 0) is 44.7 Å². The van der Waals surface area contributed by atoms with E-state index in [1.54, 1.807) is 34.7 Å². The van der Waals surface area contributed by atoms with Gasteiger partial charge >= 0.3 is 6.09 Å². The zero-order chi connectivity index (χ0) is 18.5. The molecule has 2 aromatic heterocycles. The molecule has 0 bridgehead atoms. The van der Waals surface area contributed by atoms with Gasteiger partial charge in [0.1, 0.15) is 6.61 Å². The summed E-state index contributed by atoms with van der Waals surface area (Å²) >= 11 is 1.72. The average Bonchev–Trinajstić information content (AvgIpc) is 3.28. The van der Waals surface area contributed by atoms with Crippen molar-refractivity contribution in [1.29, 1.82) is 0 Å². The first-order valence-electron chi connectivity index (χ1n) is 8.91. The van der Waals surface area contributed by atoms with Crippen molar-refractivity contribution in [3.05, 3.63) is 45.4 Å². The fourth-order valence-electron chi connectivity index (χ4n) is 3.18. The number of ether oxygens (including phenoxy) is 1. The van der Waals surface area contributed by atoms with Gasteiger partial charge in [-0.25, -0.2) is 4.79 Å². The van der Waals surface area contributed by atoms with Crippen LogP contribution in [0.2, 0.25) is 0 Å². The van der Waals surface area contributed by atoms with E-state index < -0.39 is 0 Å². The van der Waals surface area contributed by atoms with Gasteiger partial charge in [0, 0.05) is 47.3 Å². The number of aromatic nitrogens is 1. The molecule has 1 saturated heterocycles. The number of piperidine rings is 1. The number of aromatic amines is 1. The molecule has 7 heteroatoms. The minimum Gasteiger partial charge on any atom is -0.444 e. The molecule has 0 saturated carbocycles. The van der Waals surface area contributed by atoms with Gasteiger partial charge in [0.2, 0.25) is 0 Å². The Morgan fingerprint density at radius 2 is 2.12 bits per heavy atom. The molecule has 1 fully saturated rings. The predicted octanol–water partition coefficient (Wildman–Crippen LogP) is 3.47. The van der Waals surface area contributed by atoms with Gasteiger partial charge in [0.25, 0.3) is 5.91 Å². The van der Waals surface area contributed by atoms with E-state index in [1.165, 1.54) is 9.75 Å². The van der Waals surface area contributed by atoms with Crippen LogP contribution in [0.3, 0.4) is 0 Å². The Morgan fingerprint density at radius 3 is 2.73 bits per heavy atom. The van der Waals surface area contributed by atoms with Crippen LogP contribution in [-0.2, 0) is 11.3 Å². The molecule has 0 radical (unpaired) electrons. The van der Waals surface area contributed by atoms with Gasteiger partial charge in [-0.1, -0.05) is 0 Å². The Kier molecular flexibility index (Phi) is 5.98. The van der Waals surface area contributed by atoms with E-state index >= 15 is 0 Å². The molecule has 6 nitrogen and oxygen atoms in total. The predicted molar refractivity (Wildman–Crippen MR) is 101 cm³/mol. The van der Waals surface area contributed by atoms with Crippen molar-refractivity contribution < 1.29 is 14.3 Å². The number of amides is 2. The molecule has 0 spiro atoms. The van der Waals surface area contributed by atoms with Crippen molar-refractivity contribution in [2.75, 3.05) is 19.6 Å². The first-order valence-corrected chi connectivity index (χ1v) is 9.73. The fourth-order valence-corrected chi connectivity index (χ4v) is 4.11. The lowest BCUT2D eigenvalue weighted by Crippen LogP contribution is -2.41. The van der Waals surface area contributed by atoms with Crippen molar-refractivity contribution >= 4 is 23.3 Å². The van der Waals surface area contributed by atoms with Crippen LogP contribution in [0.25, 0.3) is 0 Å². The molecule has 2 amide bonds. The lowest BCUT2D eigenvalue weighted by molar-refractivity contribution is 0.0800. The molecular weight excluding hydrogens is 350 g/mol. The molecule has 0 aromatic carbocycles. The number of thiophene rings is 1. The normalized spacial score (nSPS) is 15.1. The van der Waals surface area contributed by atoms with Crippen LogP contribution in [0.5, 0.6) is 0 Å². The number of nitrogens with zero attached hydrogens (tertiary/aromatic N) is 1. The lowest BCUT2D eigenvalue weighted by Gasteiger charge is -2.31. The van der Waals surface area contributed by atoms with E-state index in [0.717, 1.165) is 18.4 Å². The van der Waals surface area contributed by atoms with Crippen LogP contribution in [0.15, 0.2) is 24.5 Å². The van der Waals surface area contributed by atoms with Crippen molar-refractivity contribution in [2.45, 2.75) is 33.3 Å². The van der Waals surface area contributed by atoms with Gasteiger partial charge in [0.05, 0.1) is 5.56 Å². The number of hydrogen-bond donors (Lipinski definition) is 2. The van der Waals surface area contributed by atoms with Gasteiger partial charge in [0.15, 0.2) is 0 Å². The van der Waals surface area contributed by atoms with Gasteiger partial charge in [-0.3, -0.25) is 4.79 Å². The molecule has 140 valence electrons. The smallest absolute Gasteiger partial charge is 0.410 e. The van der Waals surface area contributed by atoms with Crippen LogP contribution in [0.4, 0.5) is 4.79 Å². The fraction of sp³-hybridized carbons (Fsp3) is 0.474. The maximum absolute atomic E-state index is 12.3. The third-order valence-corrected chi connectivity index (χ3v) is 5.79. The lowest BCUT2D eigenvalue weighted by atomic mass is 9.97. The van der Waals surface area contributed by atoms with E-state index in [0.29, 0.717) is 37.7 Å². The third-order valence-electron chi connectivity index (χ3n) is 4.78. The number of likely N-dealkylation sites (tertiary alicyclic amines) is 1. The summed E-state index contributed by atoms with van der Waals surface area (Å²) in [4.78, 5) is 31.3. The molecule has 1 aliphatic rings. The van der Waals surface area contributed by atoms with E-state index in [1.807, 2.05) is 6.92 Å². The summed E-state index contributed by atoms with van der Waals surface area (Å²) in [5.41, 5.74) is 1.73. The zero-order valence-electron chi connectivity index (χ0n) is 15.2. The summed E-state index contributed by atoms with van der Waals surface area (Å²) in [6.45, 7) is 6.43. The SMILES string of the molecule is Cc1cc(COC(=O)N2CCC(CNC(=O)c3cc[nH]c3)CC2)c(C)s1. The molecule has 2 N–H and O–H groups in total. The molecule has 3 heterocycles. The Morgan fingerprint density at radius 1 is 1.35 bits per heavy atom. The molecule has 26 heavy (non-hydrogen) atoms. The van der Waals surface area contributed by atoms with Crippen molar-refractivity contribution in [2.24, 2.45) is 5.92 Å². The molecule has 2 aromatic rings. The number of nitrogens with one attached hydrogen (secondary N) is 2. The van der Waals surface area contributed by atoms with Crippen molar-refractivity contribution in [3.8, 4) is 0 Å². The average molecular weight is 375 g/mol. The first-order chi connectivity index (χ1) is 12.5.